The highest BCUT2D eigenvalue weighted by atomic mass is 16.4. The van der Waals surface area contributed by atoms with Gasteiger partial charge in [0, 0.05) is 0 Å². The van der Waals surface area contributed by atoms with Crippen molar-refractivity contribution in [3.8, 4) is 0 Å². The molecule has 2 aromatic heterocycles. The number of imidazole rings is 1. The second kappa shape index (κ2) is 6.75. The standard InChI is InChI=1S/C20H20N4O3/c1-12(2)18(19-21-13-7-3-4-8-14(13)22-19)23-17(25)11-24-15-9-5-6-10-16(15)27-20(24)26/h3-10,12,18H,11H2,1-2H3,(H,21,22)(H,23,25). The topological polar surface area (TPSA) is 92.9 Å². The lowest BCUT2D eigenvalue weighted by molar-refractivity contribution is -0.122. The fraction of sp³-hybridized carbons (Fsp3) is 0.250. The zero-order chi connectivity index (χ0) is 19.0. The third kappa shape index (κ3) is 3.23. The van der Waals surface area contributed by atoms with Crippen LogP contribution in [0.2, 0.25) is 0 Å². The van der Waals surface area contributed by atoms with Gasteiger partial charge in [0.05, 0.1) is 22.6 Å². The van der Waals surface area contributed by atoms with Gasteiger partial charge in [0.2, 0.25) is 5.91 Å². The Balaban J connectivity index is 1.59. The number of benzene rings is 2. The second-order valence-corrected chi connectivity index (χ2v) is 6.85. The van der Waals surface area contributed by atoms with Crippen LogP contribution < -0.4 is 11.1 Å². The molecule has 0 spiro atoms. The summed E-state index contributed by atoms with van der Waals surface area (Å²) in [6, 6.07) is 14.5. The largest absolute Gasteiger partial charge is 0.420 e. The van der Waals surface area contributed by atoms with Crippen LogP contribution in [0.15, 0.2) is 57.7 Å². The molecule has 138 valence electrons. The van der Waals surface area contributed by atoms with Gasteiger partial charge in [0.15, 0.2) is 5.58 Å². The van der Waals surface area contributed by atoms with Gasteiger partial charge in [-0.2, -0.15) is 0 Å². The van der Waals surface area contributed by atoms with E-state index >= 15 is 0 Å². The summed E-state index contributed by atoms with van der Waals surface area (Å²) in [5.41, 5.74) is 2.84. The first kappa shape index (κ1) is 17.1. The molecule has 0 aliphatic heterocycles. The van der Waals surface area contributed by atoms with Gasteiger partial charge in [-0.1, -0.05) is 38.1 Å². The summed E-state index contributed by atoms with van der Waals surface area (Å²) < 4.78 is 6.52. The van der Waals surface area contributed by atoms with E-state index in [-0.39, 0.29) is 24.4 Å². The van der Waals surface area contributed by atoms with Gasteiger partial charge >= 0.3 is 5.76 Å². The average molecular weight is 364 g/mol. The van der Waals surface area contributed by atoms with E-state index in [9.17, 15) is 9.59 Å². The molecule has 2 heterocycles. The molecule has 0 aliphatic rings. The highest BCUT2D eigenvalue weighted by Crippen LogP contribution is 2.22. The molecule has 1 unspecified atom stereocenters. The maximum atomic E-state index is 12.7. The van der Waals surface area contributed by atoms with Crippen molar-refractivity contribution in [1.29, 1.82) is 0 Å². The summed E-state index contributed by atoms with van der Waals surface area (Å²) in [5.74, 6) is -0.00438. The molecule has 27 heavy (non-hydrogen) atoms. The van der Waals surface area contributed by atoms with Crippen LogP contribution in [0.25, 0.3) is 22.1 Å². The highest BCUT2D eigenvalue weighted by Gasteiger charge is 2.23. The minimum Gasteiger partial charge on any atom is -0.408 e. The van der Waals surface area contributed by atoms with Crippen LogP contribution in [-0.2, 0) is 11.3 Å². The third-order valence-electron chi connectivity index (χ3n) is 4.56. The highest BCUT2D eigenvalue weighted by molar-refractivity contribution is 5.80. The van der Waals surface area contributed by atoms with Crippen LogP contribution in [0.5, 0.6) is 0 Å². The number of aromatic amines is 1. The van der Waals surface area contributed by atoms with Crippen molar-refractivity contribution in [2.24, 2.45) is 5.92 Å². The van der Waals surface area contributed by atoms with Crippen molar-refractivity contribution in [3.63, 3.8) is 0 Å². The van der Waals surface area contributed by atoms with Crippen LogP contribution in [0.1, 0.15) is 25.7 Å². The number of nitrogens with one attached hydrogen (secondary N) is 2. The number of H-pyrrole nitrogens is 1. The number of carbonyl (C=O) groups excluding carboxylic acids is 1. The van der Waals surface area contributed by atoms with Crippen LogP contribution in [0, 0.1) is 5.92 Å². The van der Waals surface area contributed by atoms with Crippen LogP contribution in [0.3, 0.4) is 0 Å². The molecule has 4 aromatic rings. The summed E-state index contributed by atoms with van der Waals surface area (Å²) in [4.78, 5) is 32.6. The van der Waals surface area contributed by atoms with Gasteiger partial charge in [-0.25, -0.2) is 9.78 Å². The van der Waals surface area contributed by atoms with Crippen LogP contribution in [0.4, 0.5) is 0 Å². The predicted octanol–water partition coefficient (Wildman–Crippen LogP) is 2.98. The van der Waals surface area contributed by atoms with E-state index in [1.807, 2.05) is 38.1 Å². The number of oxazole rings is 1. The van der Waals surface area contributed by atoms with Gasteiger partial charge in [-0.3, -0.25) is 9.36 Å². The van der Waals surface area contributed by atoms with E-state index < -0.39 is 5.76 Å². The predicted molar refractivity (Wildman–Crippen MR) is 102 cm³/mol. The van der Waals surface area contributed by atoms with Gasteiger partial charge in [-0.05, 0) is 30.2 Å². The number of aromatic nitrogens is 3. The van der Waals surface area contributed by atoms with Gasteiger partial charge < -0.3 is 14.7 Å². The monoisotopic (exact) mass is 364 g/mol. The van der Waals surface area contributed by atoms with Crippen molar-refractivity contribution in [2.45, 2.75) is 26.4 Å². The lowest BCUT2D eigenvalue weighted by atomic mass is 10.0. The molecular weight excluding hydrogens is 344 g/mol. The fourth-order valence-corrected chi connectivity index (χ4v) is 3.20. The summed E-state index contributed by atoms with van der Waals surface area (Å²) in [6.07, 6.45) is 0. The first-order valence-electron chi connectivity index (χ1n) is 8.85. The van der Waals surface area contributed by atoms with Crippen molar-refractivity contribution < 1.29 is 9.21 Å². The van der Waals surface area contributed by atoms with Gasteiger partial charge in [0.25, 0.3) is 0 Å². The van der Waals surface area contributed by atoms with Crippen LogP contribution in [-0.4, -0.2) is 20.4 Å². The number of carbonyl (C=O) groups is 1. The first-order valence-corrected chi connectivity index (χ1v) is 8.85. The van der Waals surface area contributed by atoms with E-state index in [1.54, 1.807) is 24.3 Å². The molecule has 4 rings (SSSR count). The summed E-state index contributed by atoms with van der Waals surface area (Å²) in [7, 11) is 0. The molecule has 0 fully saturated rings. The quantitative estimate of drug-likeness (QED) is 0.569. The molecule has 0 saturated carbocycles. The van der Waals surface area contributed by atoms with Gasteiger partial charge in [0.1, 0.15) is 12.4 Å². The number of para-hydroxylation sites is 4. The van der Waals surface area contributed by atoms with Crippen molar-refractivity contribution in [3.05, 3.63) is 64.9 Å². The Kier molecular flexibility index (Phi) is 4.27. The molecule has 1 amide bonds. The maximum absolute atomic E-state index is 12.7. The van der Waals surface area contributed by atoms with Crippen molar-refractivity contribution in [2.75, 3.05) is 0 Å². The molecule has 7 heteroatoms. The summed E-state index contributed by atoms with van der Waals surface area (Å²) in [5, 5.41) is 2.99. The Labute approximate surface area is 155 Å². The molecule has 2 N–H and O–H groups in total. The molecule has 0 bridgehead atoms. The minimum atomic E-state index is -0.545. The fourth-order valence-electron chi connectivity index (χ4n) is 3.20. The molecule has 0 saturated heterocycles. The summed E-state index contributed by atoms with van der Waals surface area (Å²) in [6.45, 7) is 3.91. The SMILES string of the molecule is CC(C)C(NC(=O)Cn1c(=O)oc2ccccc21)c1nc2ccccc2[nH]1. The number of rotatable bonds is 5. The number of nitrogens with zero attached hydrogens (tertiary/aromatic N) is 2. The Morgan fingerprint density at radius 2 is 1.93 bits per heavy atom. The smallest absolute Gasteiger partial charge is 0.408 e. The normalized spacial score (nSPS) is 12.7. The first-order chi connectivity index (χ1) is 13.0. The number of hydrogen-bond acceptors (Lipinski definition) is 4. The lowest BCUT2D eigenvalue weighted by Crippen LogP contribution is -2.36. The molecule has 7 nitrogen and oxygen atoms in total. The maximum Gasteiger partial charge on any atom is 0.420 e. The van der Waals surface area contributed by atoms with E-state index in [0.717, 1.165) is 11.0 Å². The Morgan fingerprint density at radius 1 is 1.19 bits per heavy atom. The van der Waals surface area contributed by atoms with Gasteiger partial charge in [-0.15, -0.1) is 0 Å². The Bertz CT molecular complexity index is 1140. The Hall–Kier alpha value is -3.35. The van der Waals surface area contributed by atoms with Crippen molar-refractivity contribution in [1.82, 2.24) is 19.9 Å². The molecule has 2 aromatic carbocycles. The molecular formula is C20H20N4O3. The molecule has 0 radical (unpaired) electrons. The third-order valence-corrected chi connectivity index (χ3v) is 4.56. The average Bonchev–Trinajstić information content (AvgIpc) is 3.20. The van der Waals surface area contributed by atoms with E-state index in [1.165, 1.54) is 4.57 Å². The van der Waals surface area contributed by atoms with Crippen LogP contribution >= 0.6 is 0 Å². The van der Waals surface area contributed by atoms with Crippen molar-refractivity contribution >= 4 is 28.0 Å². The minimum absolute atomic E-state index is 0.112. The zero-order valence-electron chi connectivity index (χ0n) is 15.1. The van der Waals surface area contributed by atoms with E-state index in [0.29, 0.717) is 16.9 Å². The summed E-state index contributed by atoms with van der Waals surface area (Å²) >= 11 is 0. The molecule has 0 aliphatic carbocycles. The van der Waals surface area contributed by atoms with E-state index in [2.05, 4.69) is 15.3 Å². The number of hydrogen-bond donors (Lipinski definition) is 2. The van der Waals surface area contributed by atoms with E-state index in [4.69, 9.17) is 4.42 Å². The number of fused-ring (bicyclic) bond motifs is 2. The zero-order valence-corrected chi connectivity index (χ0v) is 15.1. The molecule has 1 atom stereocenters. The number of amides is 1. The second-order valence-electron chi connectivity index (χ2n) is 6.85. The lowest BCUT2D eigenvalue weighted by Gasteiger charge is -2.20. The Morgan fingerprint density at radius 3 is 2.70 bits per heavy atom.